The SMILES string of the molecule is CC(=O)NCC12CC3CC(CNC(C)=O)(C1)CC(CNC(C)=O)(C3)C2. The van der Waals surface area contributed by atoms with E-state index in [1.54, 1.807) is 20.8 Å². The molecule has 4 bridgehead atoms. The second-order valence-corrected chi connectivity index (χ2v) is 9.24. The van der Waals surface area contributed by atoms with Crippen LogP contribution in [0.1, 0.15) is 59.3 Å². The maximum atomic E-state index is 11.5. The van der Waals surface area contributed by atoms with Crippen molar-refractivity contribution in [2.45, 2.75) is 59.3 Å². The molecule has 4 saturated carbocycles. The monoisotopic (exact) mass is 349 g/mol. The zero-order chi connectivity index (χ0) is 18.3. The minimum absolute atomic E-state index is 0.0163. The molecule has 0 saturated heterocycles. The molecule has 6 nitrogen and oxygen atoms in total. The number of carbonyl (C=O) groups excluding carboxylic acids is 3. The average molecular weight is 349 g/mol. The summed E-state index contributed by atoms with van der Waals surface area (Å²) in [6.45, 7) is 6.84. The summed E-state index contributed by atoms with van der Waals surface area (Å²) in [5.41, 5.74) is 0.298. The first kappa shape index (κ1) is 18.2. The van der Waals surface area contributed by atoms with Crippen molar-refractivity contribution in [3.05, 3.63) is 0 Å². The molecule has 25 heavy (non-hydrogen) atoms. The van der Waals surface area contributed by atoms with Crippen LogP contribution >= 0.6 is 0 Å². The number of amides is 3. The molecule has 0 spiro atoms. The second kappa shape index (κ2) is 6.29. The molecule has 0 aliphatic heterocycles. The number of nitrogens with one attached hydrogen (secondary N) is 3. The van der Waals surface area contributed by atoms with E-state index in [0.717, 1.165) is 38.5 Å². The van der Waals surface area contributed by atoms with Crippen molar-refractivity contribution in [1.82, 2.24) is 16.0 Å². The molecule has 140 valence electrons. The van der Waals surface area contributed by atoms with E-state index in [-0.39, 0.29) is 34.0 Å². The highest BCUT2D eigenvalue weighted by atomic mass is 16.2. The van der Waals surface area contributed by atoms with Gasteiger partial charge in [0.2, 0.25) is 17.7 Å². The van der Waals surface area contributed by atoms with E-state index in [0.29, 0.717) is 25.6 Å². The Hall–Kier alpha value is -1.59. The highest BCUT2D eigenvalue weighted by molar-refractivity contribution is 5.73. The normalized spacial score (nSPS) is 38.3. The van der Waals surface area contributed by atoms with Crippen LogP contribution in [-0.2, 0) is 14.4 Å². The third kappa shape index (κ3) is 3.82. The minimum atomic E-state index is 0.0163. The van der Waals surface area contributed by atoms with Crippen molar-refractivity contribution < 1.29 is 14.4 Å². The summed E-state index contributed by atoms with van der Waals surface area (Å²) in [7, 11) is 0. The van der Waals surface area contributed by atoms with Crippen LogP contribution in [0.2, 0.25) is 0 Å². The molecule has 0 unspecified atom stereocenters. The predicted molar refractivity (Wildman–Crippen MR) is 94.5 cm³/mol. The lowest BCUT2D eigenvalue weighted by molar-refractivity contribution is -0.159. The Morgan fingerprint density at radius 2 is 0.960 bits per heavy atom. The quantitative estimate of drug-likeness (QED) is 0.676. The summed E-state index contributed by atoms with van der Waals surface area (Å²) in [5.74, 6) is 0.667. The molecule has 4 fully saturated rings. The van der Waals surface area contributed by atoms with Crippen LogP contribution in [0.4, 0.5) is 0 Å². The maximum Gasteiger partial charge on any atom is 0.216 e. The molecular formula is C19H31N3O3. The fraction of sp³-hybridized carbons (Fsp3) is 0.842. The lowest BCUT2D eigenvalue weighted by Crippen LogP contribution is -2.63. The van der Waals surface area contributed by atoms with Crippen LogP contribution in [-0.4, -0.2) is 37.4 Å². The van der Waals surface area contributed by atoms with E-state index in [4.69, 9.17) is 0 Å². The molecular weight excluding hydrogens is 318 g/mol. The second-order valence-electron chi connectivity index (χ2n) is 9.24. The smallest absolute Gasteiger partial charge is 0.216 e. The van der Waals surface area contributed by atoms with Gasteiger partial charge in [0.15, 0.2) is 0 Å². The van der Waals surface area contributed by atoms with E-state index in [1.165, 1.54) is 0 Å². The number of hydrogen-bond acceptors (Lipinski definition) is 3. The van der Waals surface area contributed by atoms with Crippen LogP contribution in [0.15, 0.2) is 0 Å². The first-order chi connectivity index (χ1) is 11.7. The van der Waals surface area contributed by atoms with E-state index < -0.39 is 0 Å². The Bertz CT molecular complexity index is 500. The van der Waals surface area contributed by atoms with Crippen LogP contribution in [0.25, 0.3) is 0 Å². The molecule has 6 heteroatoms. The van der Waals surface area contributed by atoms with Crippen molar-refractivity contribution >= 4 is 17.7 Å². The Balaban J connectivity index is 1.85. The van der Waals surface area contributed by atoms with Crippen LogP contribution in [0, 0.1) is 22.2 Å². The highest BCUT2D eigenvalue weighted by Gasteiger charge is 2.62. The largest absolute Gasteiger partial charge is 0.356 e. The van der Waals surface area contributed by atoms with Gasteiger partial charge < -0.3 is 16.0 Å². The summed E-state index contributed by atoms with van der Waals surface area (Å²) < 4.78 is 0. The van der Waals surface area contributed by atoms with Gasteiger partial charge in [0.05, 0.1) is 0 Å². The third-order valence-electron chi connectivity index (χ3n) is 6.55. The Kier molecular flexibility index (Phi) is 4.58. The molecule has 0 heterocycles. The molecule has 0 radical (unpaired) electrons. The van der Waals surface area contributed by atoms with E-state index in [1.807, 2.05) is 0 Å². The summed E-state index contributed by atoms with van der Waals surface area (Å²) >= 11 is 0. The number of rotatable bonds is 6. The minimum Gasteiger partial charge on any atom is -0.356 e. The molecule has 0 aromatic carbocycles. The Labute approximate surface area is 149 Å². The fourth-order valence-corrected chi connectivity index (χ4v) is 6.59. The topological polar surface area (TPSA) is 87.3 Å². The van der Waals surface area contributed by atoms with Gasteiger partial charge in [-0.05, 0) is 60.7 Å². The number of carbonyl (C=O) groups is 3. The van der Waals surface area contributed by atoms with Crippen LogP contribution in [0.5, 0.6) is 0 Å². The van der Waals surface area contributed by atoms with Crippen molar-refractivity contribution in [2.75, 3.05) is 19.6 Å². The van der Waals surface area contributed by atoms with Gasteiger partial charge in [-0.2, -0.15) is 0 Å². The van der Waals surface area contributed by atoms with Gasteiger partial charge in [-0.3, -0.25) is 14.4 Å². The van der Waals surface area contributed by atoms with Crippen molar-refractivity contribution in [3.8, 4) is 0 Å². The molecule has 0 aromatic rings. The molecule has 3 amide bonds. The highest BCUT2D eigenvalue weighted by Crippen LogP contribution is 2.69. The molecule has 0 atom stereocenters. The zero-order valence-electron chi connectivity index (χ0n) is 15.7. The van der Waals surface area contributed by atoms with Crippen molar-refractivity contribution in [2.24, 2.45) is 22.2 Å². The summed E-state index contributed by atoms with van der Waals surface area (Å²) in [6, 6.07) is 0. The van der Waals surface area contributed by atoms with Crippen molar-refractivity contribution in [1.29, 1.82) is 0 Å². The maximum absolute atomic E-state index is 11.5. The van der Waals surface area contributed by atoms with E-state index >= 15 is 0 Å². The summed E-state index contributed by atoms with van der Waals surface area (Å²) in [4.78, 5) is 34.5. The first-order valence-corrected chi connectivity index (χ1v) is 9.39. The van der Waals surface area contributed by atoms with Gasteiger partial charge in [0.25, 0.3) is 0 Å². The standard InChI is InChI=1S/C19H31N3O3/c1-13(23)20-10-17-4-16-5-18(7-17,11-21-14(2)24)9-19(6-16,8-17)12-22-15(3)25/h16H,4-12H2,1-3H3,(H,20,23)(H,21,24)(H,22,25). The van der Waals surface area contributed by atoms with Gasteiger partial charge in [-0.1, -0.05) is 0 Å². The van der Waals surface area contributed by atoms with E-state index in [2.05, 4.69) is 16.0 Å². The lowest BCUT2D eigenvalue weighted by atomic mass is 9.39. The molecule has 3 N–H and O–H groups in total. The third-order valence-corrected chi connectivity index (χ3v) is 6.55. The Morgan fingerprint density at radius 1 is 0.680 bits per heavy atom. The fourth-order valence-electron chi connectivity index (χ4n) is 6.59. The summed E-state index contributed by atoms with van der Waals surface area (Å²) in [5, 5.41) is 9.16. The van der Waals surface area contributed by atoms with Gasteiger partial charge in [-0.25, -0.2) is 0 Å². The van der Waals surface area contributed by atoms with Crippen molar-refractivity contribution in [3.63, 3.8) is 0 Å². The lowest BCUT2D eigenvalue weighted by Gasteiger charge is -2.67. The molecule has 4 aliphatic rings. The van der Waals surface area contributed by atoms with Gasteiger partial charge >= 0.3 is 0 Å². The van der Waals surface area contributed by atoms with Gasteiger partial charge in [0.1, 0.15) is 0 Å². The molecule has 0 aromatic heterocycles. The average Bonchev–Trinajstić information content (AvgIpc) is 2.48. The zero-order valence-corrected chi connectivity index (χ0v) is 15.7. The number of hydrogen-bond donors (Lipinski definition) is 3. The Morgan fingerprint density at radius 3 is 1.20 bits per heavy atom. The van der Waals surface area contributed by atoms with Crippen LogP contribution < -0.4 is 16.0 Å². The molecule has 4 aliphatic carbocycles. The van der Waals surface area contributed by atoms with Gasteiger partial charge in [0, 0.05) is 40.4 Å². The first-order valence-electron chi connectivity index (χ1n) is 9.39. The van der Waals surface area contributed by atoms with Gasteiger partial charge in [-0.15, -0.1) is 0 Å². The van der Waals surface area contributed by atoms with E-state index in [9.17, 15) is 14.4 Å². The van der Waals surface area contributed by atoms with Crippen LogP contribution in [0.3, 0.4) is 0 Å². The molecule has 4 rings (SSSR count). The predicted octanol–water partition coefficient (Wildman–Crippen LogP) is 1.35. The summed E-state index contributed by atoms with van der Waals surface area (Å²) in [6.07, 6.45) is 6.61.